The minimum Gasteiger partial charge on any atom is -0.394 e. The molecule has 0 spiro atoms. The van der Waals surface area contributed by atoms with Gasteiger partial charge in [-0.2, -0.15) is 0 Å². The maximum Gasteiger partial charge on any atom is 0.239 e. The highest BCUT2D eigenvalue weighted by atomic mass is 16.3. The molecule has 0 aromatic carbocycles. The van der Waals surface area contributed by atoms with Crippen LogP contribution in [0.4, 0.5) is 0 Å². The van der Waals surface area contributed by atoms with Crippen molar-refractivity contribution < 1.29 is 9.90 Å². The van der Waals surface area contributed by atoms with Crippen LogP contribution in [-0.4, -0.2) is 41.7 Å². The first kappa shape index (κ1) is 12.4. The first-order chi connectivity index (χ1) is 5.91. The van der Waals surface area contributed by atoms with Crippen LogP contribution in [0.3, 0.4) is 0 Å². The van der Waals surface area contributed by atoms with Gasteiger partial charge in [-0.25, -0.2) is 0 Å². The number of aliphatic hydroxyl groups is 1. The summed E-state index contributed by atoms with van der Waals surface area (Å²) in [6.07, 6.45) is 0. The second-order valence-electron chi connectivity index (χ2n) is 3.75. The molecule has 0 aromatic heterocycles. The lowest BCUT2D eigenvalue weighted by molar-refractivity contribution is -0.134. The molecule has 0 rings (SSSR count). The number of nitrogens with two attached hydrogens (primary N) is 1. The Morgan fingerprint density at radius 2 is 1.92 bits per heavy atom. The van der Waals surface area contributed by atoms with Crippen molar-refractivity contribution in [3.05, 3.63) is 0 Å². The quantitative estimate of drug-likeness (QED) is 0.642. The van der Waals surface area contributed by atoms with Crippen molar-refractivity contribution in [2.24, 2.45) is 11.7 Å². The highest BCUT2D eigenvalue weighted by Gasteiger charge is 2.23. The lowest BCUT2D eigenvalue weighted by atomic mass is 10.0. The van der Waals surface area contributed by atoms with E-state index in [0.29, 0.717) is 0 Å². The minimum absolute atomic E-state index is 0.0347. The minimum atomic E-state index is -0.473. The van der Waals surface area contributed by atoms with E-state index in [1.54, 1.807) is 14.0 Å². The molecule has 2 atom stereocenters. The van der Waals surface area contributed by atoms with Crippen molar-refractivity contribution in [2.75, 3.05) is 13.7 Å². The molecular weight excluding hydrogens is 168 g/mol. The number of rotatable bonds is 4. The molecule has 0 aliphatic carbocycles. The van der Waals surface area contributed by atoms with Gasteiger partial charge in [0, 0.05) is 7.05 Å². The topological polar surface area (TPSA) is 66.6 Å². The summed E-state index contributed by atoms with van der Waals surface area (Å²) in [5.41, 5.74) is 5.68. The van der Waals surface area contributed by atoms with E-state index in [0.717, 1.165) is 0 Å². The summed E-state index contributed by atoms with van der Waals surface area (Å²) in [7, 11) is 1.66. The van der Waals surface area contributed by atoms with Gasteiger partial charge >= 0.3 is 0 Å². The summed E-state index contributed by atoms with van der Waals surface area (Å²) < 4.78 is 0. The number of carbonyl (C=O) groups excluding carboxylic acids is 1. The van der Waals surface area contributed by atoms with Gasteiger partial charge in [0.25, 0.3) is 0 Å². The third kappa shape index (κ3) is 3.32. The lowest BCUT2D eigenvalue weighted by Crippen LogP contribution is -2.48. The molecule has 0 aliphatic rings. The normalized spacial score (nSPS) is 15.6. The van der Waals surface area contributed by atoms with E-state index in [1.165, 1.54) is 4.90 Å². The zero-order chi connectivity index (χ0) is 10.6. The largest absolute Gasteiger partial charge is 0.394 e. The van der Waals surface area contributed by atoms with Crippen LogP contribution < -0.4 is 5.73 Å². The second kappa shape index (κ2) is 5.19. The first-order valence-corrected chi connectivity index (χ1v) is 4.55. The average molecular weight is 188 g/mol. The van der Waals surface area contributed by atoms with Gasteiger partial charge in [-0.3, -0.25) is 4.79 Å². The van der Waals surface area contributed by atoms with Gasteiger partial charge in [0.2, 0.25) is 5.91 Å². The summed E-state index contributed by atoms with van der Waals surface area (Å²) in [5.74, 6) is 0.0115. The Kier molecular flexibility index (Phi) is 4.95. The number of likely N-dealkylation sites (N-methyl/N-ethyl adjacent to an activating group) is 1. The fourth-order valence-electron chi connectivity index (χ4n) is 0.860. The standard InChI is InChI=1S/C9H20N2O2/c1-6(2)8(10)9(13)11(4)7(3)5-12/h6-8,12H,5,10H2,1-4H3. The third-order valence-electron chi connectivity index (χ3n) is 2.28. The van der Waals surface area contributed by atoms with E-state index in [9.17, 15) is 4.79 Å². The van der Waals surface area contributed by atoms with Gasteiger partial charge in [-0.1, -0.05) is 13.8 Å². The highest BCUT2D eigenvalue weighted by Crippen LogP contribution is 2.04. The van der Waals surface area contributed by atoms with Crippen molar-refractivity contribution in [1.82, 2.24) is 4.90 Å². The van der Waals surface area contributed by atoms with Crippen molar-refractivity contribution in [3.8, 4) is 0 Å². The van der Waals surface area contributed by atoms with Crippen LogP contribution >= 0.6 is 0 Å². The monoisotopic (exact) mass is 188 g/mol. The first-order valence-electron chi connectivity index (χ1n) is 4.55. The molecule has 3 N–H and O–H groups in total. The third-order valence-corrected chi connectivity index (χ3v) is 2.28. The van der Waals surface area contributed by atoms with Gasteiger partial charge in [0.05, 0.1) is 18.7 Å². The Morgan fingerprint density at radius 3 is 2.23 bits per heavy atom. The molecule has 4 heteroatoms. The Hall–Kier alpha value is -0.610. The fourth-order valence-corrected chi connectivity index (χ4v) is 0.860. The Balaban J connectivity index is 4.25. The molecular formula is C9H20N2O2. The molecule has 0 saturated heterocycles. The molecule has 0 aromatic rings. The summed E-state index contributed by atoms with van der Waals surface area (Å²) in [4.78, 5) is 13.1. The number of nitrogens with zero attached hydrogens (tertiary/aromatic N) is 1. The zero-order valence-corrected chi connectivity index (χ0v) is 8.82. The van der Waals surface area contributed by atoms with Gasteiger partial charge in [-0.15, -0.1) is 0 Å². The number of carbonyl (C=O) groups is 1. The van der Waals surface area contributed by atoms with Gasteiger partial charge < -0.3 is 15.7 Å². The molecule has 13 heavy (non-hydrogen) atoms. The second-order valence-corrected chi connectivity index (χ2v) is 3.75. The van der Waals surface area contributed by atoms with E-state index in [4.69, 9.17) is 10.8 Å². The van der Waals surface area contributed by atoms with Crippen molar-refractivity contribution in [2.45, 2.75) is 32.9 Å². The predicted molar refractivity (Wildman–Crippen MR) is 52.1 cm³/mol. The molecule has 0 radical (unpaired) electrons. The van der Waals surface area contributed by atoms with Crippen LogP contribution in [0.5, 0.6) is 0 Å². The van der Waals surface area contributed by atoms with Crippen LogP contribution in [0, 0.1) is 5.92 Å². The van der Waals surface area contributed by atoms with Crippen LogP contribution in [0.15, 0.2) is 0 Å². The van der Waals surface area contributed by atoms with E-state index in [1.807, 2.05) is 13.8 Å². The van der Waals surface area contributed by atoms with Gasteiger partial charge in [0.1, 0.15) is 0 Å². The number of hydrogen-bond donors (Lipinski definition) is 2. The predicted octanol–water partition coefficient (Wildman–Crippen LogP) is -0.191. The SMILES string of the molecule is CC(C)C(N)C(=O)N(C)C(C)CO. The number of hydrogen-bond acceptors (Lipinski definition) is 3. The fraction of sp³-hybridized carbons (Fsp3) is 0.889. The van der Waals surface area contributed by atoms with Crippen LogP contribution in [0.2, 0.25) is 0 Å². The summed E-state index contributed by atoms with van der Waals surface area (Å²) in [6.45, 7) is 5.55. The number of aliphatic hydroxyl groups excluding tert-OH is 1. The Labute approximate surface area is 79.7 Å². The molecule has 0 aliphatic heterocycles. The average Bonchev–Trinajstić information content (AvgIpc) is 2.12. The van der Waals surface area contributed by atoms with Crippen molar-refractivity contribution in [1.29, 1.82) is 0 Å². The molecule has 0 fully saturated rings. The summed E-state index contributed by atoms with van der Waals surface area (Å²) >= 11 is 0. The smallest absolute Gasteiger partial charge is 0.239 e. The summed E-state index contributed by atoms with van der Waals surface area (Å²) in [6, 6.07) is -0.642. The van der Waals surface area contributed by atoms with E-state index >= 15 is 0 Å². The molecule has 1 amide bonds. The molecule has 4 nitrogen and oxygen atoms in total. The molecule has 2 unspecified atom stereocenters. The molecule has 0 saturated carbocycles. The van der Waals surface area contributed by atoms with Gasteiger partial charge in [0.15, 0.2) is 0 Å². The van der Waals surface area contributed by atoms with E-state index in [2.05, 4.69) is 0 Å². The van der Waals surface area contributed by atoms with Crippen LogP contribution in [0.25, 0.3) is 0 Å². The van der Waals surface area contributed by atoms with Gasteiger partial charge in [-0.05, 0) is 12.8 Å². The zero-order valence-electron chi connectivity index (χ0n) is 8.82. The molecule has 0 bridgehead atoms. The van der Waals surface area contributed by atoms with Crippen LogP contribution in [0.1, 0.15) is 20.8 Å². The lowest BCUT2D eigenvalue weighted by Gasteiger charge is -2.27. The Bertz CT molecular complexity index is 171. The molecule has 0 heterocycles. The summed E-state index contributed by atoms with van der Waals surface area (Å²) in [5, 5.41) is 8.84. The highest BCUT2D eigenvalue weighted by molar-refractivity contribution is 5.81. The molecule has 78 valence electrons. The maximum absolute atomic E-state index is 11.6. The maximum atomic E-state index is 11.6. The van der Waals surface area contributed by atoms with Crippen molar-refractivity contribution in [3.63, 3.8) is 0 Å². The van der Waals surface area contributed by atoms with E-state index < -0.39 is 6.04 Å². The Morgan fingerprint density at radius 1 is 1.46 bits per heavy atom. The van der Waals surface area contributed by atoms with Crippen LogP contribution in [-0.2, 0) is 4.79 Å². The number of amides is 1. The van der Waals surface area contributed by atoms with Crippen molar-refractivity contribution >= 4 is 5.91 Å². The van der Waals surface area contributed by atoms with E-state index in [-0.39, 0.29) is 24.5 Å².